The number of nitrogens with zero attached hydrogens (tertiary/aromatic N) is 1. The molecular weight excluding hydrogens is 222 g/mol. The number of nitriles is 1. The average molecular weight is 241 g/mol. The Morgan fingerprint density at radius 3 is 1.61 bits per heavy atom. The highest BCUT2D eigenvalue weighted by molar-refractivity contribution is 5.27. The molecule has 0 saturated carbocycles. The lowest BCUT2D eigenvalue weighted by atomic mass is 10.2. The second kappa shape index (κ2) is 11.4. The van der Waals surface area contributed by atoms with Gasteiger partial charge in [-0.15, -0.1) is 0 Å². The molecule has 0 atom stereocenters. The number of aliphatic hydroxyl groups excluding tert-OH is 1. The van der Waals surface area contributed by atoms with Crippen LogP contribution in [0.5, 0.6) is 0 Å². The van der Waals surface area contributed by atoms with Gasteiger partial charge in [-0.2, -0.15) is 5.26 Å². The SMILES string of the molecule is CC.N#Cc1ccccc1.OCc1ccccc1. The minimum Gasteiger partial charge on any atom is -0.392 e. The standard InChI is InChI=1S/C7H5N.C7H8O.C2H6/c2*8-6-7-4-2-1-3-5-7;1-2/h1-5H;1-5,8H,6H2;1-2H3. The van der Waals surface area contributed by atoms with Gasteiger partial charge < -0.3 is 5.11 Å². The Labute approximate surface area is 109 Å². The fourth-order valence-electron chi connectivity index (χ4n) is 1.10. The lowest BCUT2D eigenvalue weighted by Crippen LogP contribution is -1.77. The Balaban J connectivity index is 0.000000283. The van der Waals surface area contributed by atoms with Crippen molar-refractivity contribution in [2.75, 3.05) is 0 Å². The van der Waals surface area contributed by atoms with Crippen LogP contribution in [0.2, 0.25) is 0 Å². The average Bonchev–Trinajstić information content (AvgIpc) is 2.51. The van der Waals surface area contributed by atoms with E-state index < -0.39 is 0 Å². The summed E-state index contributed by atoms with van der Waals surface area (Å²) >= 11 is 0. The maximum Gasteiger partial charge on any atom is 0.0991 e. The first kappa shape index (κ1) is 15.9. The van der Waals surface area contributed by atoms with Gasteiger partial charge in [-0.05, 0) is 17.7 Å². The summed E-state index contributed by atoms with van der Waals surface area (Å²) in [7, 11) is 0. The second-order valence-electron chi connectivity index (χ2n) is 3.12. The second-order valence-corrected chi connectivity index (χ2v) is 3.12. The van der Waals surface area contributed by atoms with Gasteiger partial charge in [-0.1, -0.05) is 62.4 Å². The molecule has 18 heavy (non-hydrogen) atoms. The summed E-state index contributed by atoms with van der Waals surface area (Å²) in [5, 5.41) is 16.8. The molecule has 0 heterocycles. The van der Waals surface area contributed by atoms with E-state index in [9.17, 15) is 0 Å². The van der Waals surface area contributed by atoms with Crippen LogP contribution in [0.25, 0.3) is 0 Å². The zero-order chi connectivity index (χ0) is 13.6. The molecule has 2 rings (SSSR count). The fourth-order valence-corrected chi connectivity index (χ4v) is 1.10. The molecule has 0 aliphatic carbocycles. The van der Waals surface area contributed by atoms with Crippen LogP contribution in [-0.4, -0.2) is 5.11 Å². The molecule has 94 valence electrons. The van der Waals surface area contributed by atoms with Crippen molar-refractivity contribution in [3.63, 3.8) is 0 Å². The molecule has 2 aromatic carbocycles. The van der Waals surface area contributed by atoms with Crippen LogP contribution in [0.3, 0.4) is 0 Å². The number of hydrogen-bond acceptors (Lipinski definition) is 2. The van der Waals surface area contributed by atoms with Crippen molar-refractivity contribution in [3.05, 3.63) is 71.8 Å². The van der Waals surface area contributed by atoms with Gasteiger partial charge >= 0.3 is 0 Å². The summed E-state index contributed by atoms with van der Waals surface area (Å²) in [4.78, 5) is 0. The van der Waals surface area contributed by atoms with Crippen LogP contribution < -0.4 is 0 Å². The molecule has 1 N–H and O–H groups in total. The maximum absolute atomic E-state index is 8.54. The third kappa shape index (κ3) is 7.21. The first-order valence-corrected chi connectivity index (χ1v) is 5.96. The van der Waals surface area contributed by atoms with Crippen LogP contribution in [0.1, 0.15) is 25.0 Å². The number of benzene rings is 2. The van der Waals surface area contributed by atoms with E-state index in [-0.39, 0.29) is 6.61 Å². The van der Waals surface area contributed by atoms with Crippen molar-refractivity contribution in [3.8, 4) is 6.07 Å². The molecule has 2 aromatic rings. The smallest absolute Gasteiger partial charge is 0.0991 e. The van der Waals surface area contributed by atoms with E-state index in [1.165, 1.54) is 0 Å². The fraction of sp³-hybridized carbons (Fsp3) is 0.188. The van der Waals surface area contributed by atoms with Gasteiger partial charge in [0.2, 0.25) is 0 Å². The molecular formula is C16H19NO. The summed E-state index contributed by atoms with van der Waals surface area (Å²) in [6, 6.07) is 20.7. The van der Waals surface area contributed by atoms with Crippen molar-refractivity contribution in [1.82, 2.24) is 0 Å². The Kier molecular flexibility index (Phi) is 10.0. The van der Waals surface area contributed by atoms with Gasteiger partial charge in [-0.3, -0.25) is 0 Å². The minimum atomic E-state index is 0.140. The first-order chi connectivity index (χ1) is 8.86. The minimum absolute atomic E-state index is 0.140. The van der Waals surface area contributed by atoms with Gasteiger partial charge in [0.1, 0.15) is 0 Å². The Bertz CT molecular complexity index is 432. The number of aliphatic hydroxyl groups is 1. The quantitative estimate of drug-likeness (QED) is 0.826. The molecule has 2 heteroatoms. The van der Waals surface area contributed by atoms with Gasteiger partial charge in [0.05, 0.1) is 18.2 Å². The van der Waals surface area contributed by atoms with Crippen LogP contribution in [0, 0.1) is 11.3 Å². The zero-order valence-corrected chi connectivity index (χ0v) is 10.9. The first-order valence-electron chi connectivity index (χ1n) is 5.96. The highest BCUT2D eigenvalue weighted by Crippen LogP contribution is 1.95. The van der Waals surface area contributed by atoms with Crippen molar-refractivity contribution in [2.45, 2.75) is 20.5 Å². The monoisotopic (exact) mass is 241 g/mol. The lowest BCUT2D eigenvalue weighted by molar-refractivity contribution is 0.282. The topological polar surface area (TPSA) is 44.0 Å². The predicted octanol–water partition coefficient (Wildman–Crippen LogP) is 3.76. The molecule has 2 nitrogen and oxygen atoms in total. The molecule has 0 saturated heterocycles. The van der Waals surface area contributed by atoms with Gasteiger partial charge in [0.15, 0.2) is 0 Å². The molecule has 0 fully saturated rings. The third-order valence-corrected chi connectivity index (χ3v) is 1.93. The zero-order valence-electron chi connectivity index (χ0n) is 10.9. The van der Waals surface area contributed by atoms with E-state index in [0.717, 1.165) is 5.56 Å². The van der Waals surface area contributed by atoms with Crippen molar-refractivity contribution in [1.29, 1.82) is 5.26 Å². The third-order valence-electron chi connectivity index (χ3n) is 1.93. The van der Waals surface area contributed by atoms with Crippen LogP contribution >= 0.6 is 0 Å². The van der Waals surface area contributed by atoms with Crippen molar-refractivity contribution >= 4 is 0 Å². The van der Waals surface area contributed by atoms with Gasteiger partial charge in [0, 0.05) is 0 Å². The normalized spacial score (nSPS) is 7.89. The molecule has 0 amide bonds. The van der Waals surface area contributed by atoms with E-state index in [1.54, 1.807) is 12.1 Å². The van der Waals surface area contributed by atoms with Gasteiger partial charge in [0.25, 0.3) is 0 Å². The van der Waals surface area contributed by atoms with Crippen molar-refractivity contribution < 1.29 is 5.11 Å². The lowest BCUT2D eigenvalue weighted by Gasteiger charge is -1.89. The maximum atomic E-state index is 8.54. The van der Waals surface area contributed by atoms with E-state index in [0.29, 0.717) is 5.56 Å². The van der Waals surface area contributed by atoms with E-state index in [1.807, 2.05) is 68.4 Å². The van der Waals surface area contributed by atoms with Crippen LogP contribution in [0.4, 0.5) is 0 Å². The summed E-state index contributed by atoms with van der Waals surface area (Å²) in [5.74, 6) is 0. The van der Waals surface area contributed by atoms with Crippen molar-refractivity contribution in [2.24, 2.45) is 0 Å². The Morgan fingerprint density at radius 2 is 1.33 bits per heavy atom. The predicted molar refractivity (Wildman–Crippen MR) is 74.9 cm³/mol. The number of rotatable bonds is 1. The number of hydrogen-bond donors (Lipinski definition) is 1. The van der Waals surface area contributed by atoms with E-state index in [2.05, 4.69) is 0 Å². The molecule has 0 aliphatic heterocycles. The molecule has 0 aliphatic rings. The summed E-state index contributed by atoms with van der Waals surface area (Å²) in [6.45, 7) is 4.14. The molecule has 0 radical (unpaired) electrons. The van der Waals surface area contributed by atoms with Crippen LogP contribution in [0.15, 0.2) is 60.7 Å². The Morgan fingerprint density at radius 1 is 0.889 bits per heavy atom. The van der Waals surface area contributed by atoms with Crippen LogP contribution in [-0.2, 0) is 6.61 Å². The highest BCUT2D eigenvalue weighted by atomic mass is 16.3. The summed E-state index contributed by atoms with van der Waals surface area (Å²) < 4.78 is 0. The largest absolute Gasteiger partial charge is 0.392 e. The summed E-state index contributed by atoms with van der Waals surface area (Å²) in [6.07, 6.45) is 0. The molecule has 0 bridgehead atoms. The van der Waals surface area contributed by atoms with E-state index >= 15 is 0 Å². The molecule has 0 aromatic heterocycles. The highest BCUT2D eigenvalue weighted by Gasteiger charge is 1.81. The summed E-state index contributed by atoms with van der Waals surface area (Å²) in [5.41, 5.74) is 1.68. The molecule has 0 unspecified atom stereocenters. The van der Waals surface area contributed by atoms with Gasteiger partial charge in [-0.25, -0.2) is 0 Å². The Hall–Kier alpha value is -2.11. The molecule has 0 spiro atoms. The van der Waals surface area contributed by atoms with E-state index in [4.69, 9.17) is 10.4 Å².